The fourth-order valence-corrected chi connectivity index (χ4v) is 1.70. The Morgan fingerprint density at radius 2 is 1.94 bits per heavy atom. The molecule has 0 fully saturated rings. The summed E-state index contributed by atoms with van der Waals surface area (Å²) in [5.41, 5.74) is 3.24. The van der Waals surface area contributed by atoms with Crippen LogP contribution in [0.25, 0.3) is 5.65 Å². The summed E-state index contributed by atoms with van der Waals surface area (Å²) in [5.74, 6) is 0.396. The van der Waals surface area contributed by atoms with Crippen LogP contribution >= 0.6 is 0 Å². The van der Waals surface area contributed by atoms with Crippen LogP contribution in [0.15, 0.2) is 18.6 Å². The largest absolute Gasteiger partial charge is 0.304 e. The van der Waals surface area contributed by atoms with E-state index in [2.05, 4.69) is 50.2 Å². The van der Waals surface area contributed by atoms with Gasteiger partial charge >= 0.3 is 0 Å². The maximum atomic E-state index is 4.76. The van der Waals surface area contributed by atoms with Gasteiger partial charge < -0.3 is 4.40 Å². The third-order valence-electron chi connectivity index (χ3n) is 2.72. The maximum absolute atomic E-state index is 4.76. The summed E-state index contributed by atoms with van der Waals surface area (Å²) in [6.45, 7) is 10.9. The standard InChI is InChI=1S/C13H19N3/c1-9(2)11-12-14-6-7-16(12)8-10(15-11)13(3,4)5/h6-9H,1-5H3. The Bertz CT molecular complexity index is 503. The average Bonchev–Trinajstić information content (AvgIpc) is 2.61. The van der Waals surface area contributed by atoms with Gasteiger partial charge in [0.05, 0.1) is 11.4 Å². The molecule has 3 heteroatoms. The van der Waals surface area contributed by atoms with Crippen molar-refractivity contribution in [3.63, 3.8) is 0 Å². The minimum absolute atomic E-state index is 0.0715. The first-order valence-corrected chi connectivity index (χ1v) is 5.73. The van der Waals surface area contributed by atoms with E-state index in [0.29, 0.717) is 5.92 Å². The Labute approximate surface area is 96.5 Å². The molecule has 0 bridgehead atoms. The van der Waals surface area contributed by atoms with Crippen LogP contribution in [0.1, 0.15) is 51.9 Å². The zero-order chi connectivity index (χ0) is 11.9. The summed E-state index contributed by atoms with van der Waals surface area (Å²) >= 11 is 0. The second-order valence-electron chi connectivity index (χ2n) is 5.57. The van der Waals surface area contributed by atoms with Crippen molar-refractivity contribution in [3.8, 4) is 0 Å². The highest BCUT2D eigenvalue weighted by Crippen LogP contribution is 2.24. The Morgan fingerprint density at radius 1 is 1.25 bits per heavy atom. The zero-order valence-electron chi connectivity index (χ0n) is 10.7. The molecule has 0 aliphatic carbocycles. The molecule has 0 atom stereocenters. The summed E-state index contributed by atoms with van der Waals surface area (Å²) in [7, 11) is 0. The number of imidazole rings is 1. The lowest BCUT2D eigenvalue weighted by atomic mass is 9.92. The van der Waals surface area contributed by atoms with Crippen LogP contribution in [0.5, 0.6) is 0 Å². The predicted octanol–water partition coefficient (Wildman–Crippen LogP) is 3.15. The third-order valence-corrected chi connectivity index (χ3v) is 2.72. The molecule has 0 saturated carbocycles. The smallest absolute Gasteiger partial charge is 0.158 e. The average molecular weight is 217 g/mol. The van der Waals surface area contributed by atoms with E-state index in [9.17, 15) is 0 Å². The van der Waals surface area contributed by atoms with E-state index in [1.165, 1.54) is 0 Å². The third kappa shape index (κ3) is 1.82. The Kier molecular flexibility index (Phi) is 2.49. The molecule has 0 aromatic carbocycles. The lowest BCUT2D eigenvalue weighted by molar-refractivity contribution is 0.558. The van der Waals surface area contributed by atoms with Gasteiger partial charge in [0, 0.05) is 24.0 Å². The quantitative estimate of drug-likeness (QED) is 0.734. The summed E-state index contributed by atoms with van der Waals surface area (Å²) < 4.78 is 2.07. The van der Waals surface area contributed by atoms with Crippen LogP contribution in [0, 0.1) is 0 Å². The van der Waals surface area contributed by atoms with Gasteiger partial charge in [-0.2, -0.15) is 0 Å². The van der Waals surface area contributed by atoms with Gasteiger partial charge in [-0.15, -0.1) is 0 Å². The minimum atomic E-state index is 0.0715. The summed E-state index contributed by atoms with van der Waals surface area (Å²) in [6.07, 6.45) is 5.89. The molecule has 0 unspecified atom stereocenters. The first kappa shape index (κ1) is 11.1. The van der Waals surface area contributed by atoms with Crippen LogP contribution in [-0.2, 0) is 5.41 Å². The van der Waals surface area contributed by atoms with Gasteiger partial charge in [0.1, 0.15) is 0 Å². The zero-order valence-corrected chi connectivity index (χ0v) is 10.7. The number of fused-ring (bicyclic) bond motifs is 1. The molecule has 2 aromatic heterocycles. The predicted molar refractivity (Wildman–Crippen MR) is 65.8 cm³/mol. The van der Waals surface area contributed by atoms with Crippen LogP contribution < -0.4 is 0 Å². The van der Waals surface area contributed by atoms with E-state index in [1.54, 1.807) is 0 Å². The topological polar surface area (TPSA) is 30.2 Å². The first-order chi connectivity index (χ1) is 7.39. The monoisotopic (exact) mass is 217 g/mol. The molecule has 0 aliphatic rings. The number of hydrogen-bond donors (Lipinski definition) is 0. The normalized spacial score (nSPS) is 12.6. The van der Waals surface area contributed by atoms with Gasteiger partial charge in [0.15, 0.2) is 5.65 Å². The van der Waals surface area contributed by atoms with E-state index in [-0.39, 0.29) is 5.41 Å². The molecule has 0 N–H and O–H groups in total. The van der Waals surface area contributed by atoms with Crippen molar-refractivity contribution in [1.29, 1.82) is 0 Å². The van der Waals surface area contributed by atoms with Gasteiger partial charge in [0.25, 0.3) is 0 Å². The lowest BCUT2D eigenvalue weighted by Gasteiger charge is -2.20. The molecule has 0 saturated heterocycles. The highest BCUT2D eigenvalue weighted by atomic mass is 15.0. The highest BCUT2D eigenvalue weighted by molar-refractivity contribution is 5.46. The van der Waals surface area contributed by atoms with Crippen molar-refractivity contribution in [1.82, 2.24) is 14.4 Å². The van der Waals surface area contributed by atoms with Crippen molar-refractivity contribution < 1.29 is 0 Å². The second-order valence-corrected chi connectivity index (χ2v) is 5.57. The van der Waals surface area contributed by atoms with Crippen molar-refractivity contribution in [3.05, 3.63) is 30.0 Å². The van der Waals surface area contributed by atoms with Gasteiger partial charge in [-0.3, -0.25) is 4.98 Å². The van der Waals surface area contributed by atoms with E-state index >= 15 is 0 Å². The molecular formula is C13H19N3. The minimum Gasteiger partial charge on any atom is -0.304 e. The lowest BCUT2D eigenvalue weighted by Crippen LogP contribution is -2.16. The number of aromatic nitrogens is 3. The van der Waals surface area contributed by atoms with E-state index in [0.717, 1.165) is 17.0 Å². The van der Waals surface area contributed by atoms with Crippen LogP contribution in [-0.4, -0.2) is 14.4 Å². The second kappa shape index (κ2) is 3.58. The first-order valence-electron chi connectivity index (χ1n) is 5.73. The van der Waals surface area contributed by atoms with Crippen molar-refractivity contribution >= 4 is 5.65 Å². The van der Waals surface area contributed by atoms with E-state index < -0.39 is 0 Å². The SMILES string of the molecule is CC(C)c1nc(C(C)(C)C)cn2ccnc12. The van der Waals surface area contributed by atoms with E-state index in [1.807, 2.05) is 12.4 Å². The molecule has 0 aliphatic heterocycles. The number of rotatable bonds is 1. The number of nitrogens with zero attached hydrogens (tertiary/aromatic N) is 3. The Morgan fingerprint density at radius 3 is 2.50 bits per heavy atom. The molecule has 0 radical (unpaired) electrons. The molecule has 0 amide bonds. The maximum Gasteiger partial charge on any atom is 0.158 e. The molecule has 86 valence electrons. The summed E-state index contributed by atoms with van der Waals surface area (Å²) in [5, 5.41) is 0. The fraction of sp³-hybridized carbons (Fsp3) is 0.538. The van der Waals surface area contributed by atoms with Gasteiger partial charge in [-0.25, -0.2) is 4.98 Å². The molecule has 2 aromatic rings. The molecule has 3 nitrogen and oxygen atoms in total. The summed E-state index contributed by atoms with van der Waals surface area (Å²) in [4.78, 5) is 9.12. The molecule has 2 rings (SSSR count). The Hall–Kier alpha value is -1.38. The number of hydrogen-bond acceptors (Lipinski definition) is 2. The molecular weight excluding hydrogens is 198 g/mol. The Balaban J connectivity index is 2.71. The molecule has 16 heavy (non-hydrogen) atoms. The van der Waals surface area contributed by atoms with Gasteiger partial charge in [0.2, 0.25) is 0 Å². The van der Waals surface area contributed by atoms with E-state index in [4.69, 9.17) is 4.98 Å². The van der Waals surface area contributed by atoms with Gasteiger partial charge in [-0.05, 0) is 5.92 Å². The fourth-order valence-electron chi connectivity index (χ4n) is 1.70. The van der Waals surface area contributed by atoms with Crippen LogP contribution in [0.4, 0.5) is 0 Å². The van der Waals surface area contributed by atoms with Gasteiger partial charge in [-0.1, -0.05) is 34.6 Å². The van der Waals surface area contributed by atoms with Crippen molar-refractivity contribution in [2.45, 2.75) is 46.0 Å². The van der Waals surface area contributed by atoms with Crippen molar-refractivity contribution in [2.24, 2.45) is 0 Å². The summed E-state index contributed by atoms with van der Waals surface area (Å²) in [6, 6.07) is 0. The molecule has 2 heterocycles. The molecule has 0 spiro atoms. The highest BCUT2D eigenvalue weighted by Gasteiger charge is 2.19. The van der Waals surface area contributed by atoms with Crippen LogP contribution in [0.3, 0.4) is 0 Å². The van der Waals surface area contributed by atoms with Crippen molar-refractivity contribution in [2.75, 3.05) is 0 Å². The van der Waals surface area contributed by atoms with Crippen LogP contribution in [0.2, 0.25) is 0 Å².